The maximum atomic E-state index is 6.17. The molecule has 18 heavy (non-hydrogen) atoms. The predicted molar refractivity (Wildman–Crippen MR) is 77.9 cm³/mol. The molecule has 0 aliphatic rings. The molecule has 96 valence electrons. The van der Waals surface area contributed by atoms with Gasteiger partial charge in [0.15, 0.2) is 0 Å². The van der Waals surface area contributed by atoms with Crippen LogP contribution in [0.15, 0.2) is 35.2 Å². The molecule has 2 N–H and O–H groups in total. The lowest BCUT2D eigenvalue weighted by Gasteiger charge is -2.24. The van der Waals surface area contributed by atoms with E-state index in [1.807, 2.05) is 11.6 Å². The Labute approximate surface area is 112 Å². The van der Waals surface area contributed by atoms with Gasteiger partial charge in [-0.25, -0.2) is 4.98 Å². The van der Waals surface area contributed by atoms with E-state index in [-0.39, 0.29) is 6.04 Å². The molecule has 1 unspecified atom stereocenters. The second kappa shape index (κ2) is 5.98. The number of para-hydroxylation sites is 1. The summed E-state index contributed by atoms with van der Waals surface area (Å²) < 4.78 is 0. The lowest BCUT2D eigenvalue weighted by atomic mass is 10.0. The minimum absolute atomic E-state index is 0.0964. The van der Waals surface area contributed by atoms with Crippen molar-refractivity contribution in [1.29, 1.82) is 0 Å². The van der Waals surface area contributed by atoms with Crippen LogP contribution in [0.25, 0.3) is 0 Å². The topological polar surface area (TPSA) is 42.1 Å². The summed E-state index contributed by atoms with van der Waals surface area (Å²) in [5.41, 5.74) is 11.5. The number of nitrogens with two attached hydrogens (primary N) is 1. The van der Waals surface area contributed by atoms with Gasteiger partial charge in [-0.05, 0) is 18.1 Å². The van der Waals surface area contributed by atoms with E-state index in [4.69, 9.17) is 5.73 Å². The largest absolute Gasteiger partial charge is 0.368 e. The van der Waals surface area contributed by atoms with Crippen LogP contribution in [-0.2, 0) is 6.54 Å². The first-order chi connectivity index (χ1) is 8.72. The van der Waals surface area contributed by atoms with E-state index in [1.54, 1.807) is 11.3 Å². The average Bonchev–Trinajstić information content (AvgIpc) is 2.90. The molecule has 1 heterocycles. The Kier molecular flexibility index (Phi) is 4.33. The molecule has 0 aliphatic carbocycles. The van der Waals surface area contributed by atoms with E-state index in [1.165, 1.54) is 11.3 Å². The molecular formula is C14H19N3S. The monoisotopic (exact) mass is 261 g/mol. The fraction of sp³-hybridized carbons (Fsp3) is 0.357. The van der Waals surface area contributed by atoms with Crippen molar-refractivity contribution in [3.63, 3.8) is 0 Å². The highest BCUT2D eigenvalue weighted by molar-refractivity contribution is 7.07. The summed E-state index contributed by atoms with van der Waals surface area (Å²) in [6.07, 6.45) is 0.946. The Bertz CT molecular complexity index is 482. The van der Waals surface area contributed by atoms with Crippen LogP contribution in [0.1, 0.15) is 30.6 Å². The number of anilines is 1. The second-order valence-corrected chi connectivity index (χ2v) is 5.13. The fourth-order valence-corrected chi connectivity index (χ4v) is 2.56. The van der Waals surface area contributed by atoms with Gasteiger partial charge in [0.05, 0.1) is 17.7 Å². The minimum atomic E-state index is 0.0964. The molecule has 0 radical (unpaired) electrons. The molecule has 0 saturated heterocycles. The molecule has 1 aromatic heterocycles. The summed E-state index contributed by atoms with van der Waals surface area (Å²) in [6.45, 7) is 2.93. The molecule has 0 aliphatic heterocycles. The molecule has 0 spiro atoms. The van der Waals surface area contributed by atoms with Crippen LogP contribution >= 0.6 is 11.3 Å². The summed E-state index contributed by atoms with van der Waals surface area (Å²) >= 11 is 1.63. The van der Waals surface area contributed by atoms with Crippen LogP contribution in [0.4, 0.5) is 5.69 Å². The fourth-order valence-electron chi connectivity index (χ4n) is 2.01. The number of thiazole rings is 1. The SMILES string of the molecule is CCC(N)c1ccccc1N(C)Cc1cscn1. The van der Waals surface area contributed by atoms with E-state index >= 15 is 0 Å². The first-order valence-electron chi connectivity index (χ1n) is 6.15. The molecule has 3 nitrogen and oxygen atoms in total. The van der Waals surface area contributed by atoms with Crippen LogP contribution in [-0.4, -0.2) is 12.0 Å². The van der Waals surface area contributed by atoms with Crippen molar-refractivity contribution in [2.75, 3.05) is 11.9 Å². The summed E-state index contributed by atoms with van der Waals surface area (Å²) in [7, 11) is 2.08. The minimum Gasteiger partial charge on any atom is -0.368 e. The zero-order valence-corrected chi connectivity index (χ0v) is 11.7. The third-order valence-electron chi connectivity index (χ3n) is 3.07. The van der Waals surface area contributed by atoms with Crippen molar-refractivity contribution < 1.29 is 0 Å². The number of nitrogens with zero attached hydrogens (tertiary/aromatic N) is 2. The zero-order valence-electron chi connectivity index (χ0n) is 10.8. The molecule has 0 saturated carbocycles. The molecule has 0 fully saturated rings. The maximum Gasteiger partial charge on any atom is 0.0795 e. The quantitative estimate of drug-likeness (QED) is 0.898. The Morgan fingerprint density at radius 1 is 1.39 bits per heavy atom. The van der Waals surface area contributed by atoms with E-state index in [0.717, 1.165) is 18.7 Å². The molecule has 0 amide bonds. The molecule has 0 bridgehead atoms. The van der Waals surface area contributed by atoms with Gasteiger partial charge < -0.3 is 10.6 Å². The van der Waals surface area contributed by atoms with Gasteiger partial charge in [0.1, 0.15) is 0 Å². The van der Waals surface area contributed by atoms with E-state index in [0.29, 0.717) is 0 Å². The van der Waals surface area contributed by atoms with Crippen molar-refractivity contribution in [2.24, 2.45) is 5.73 Å². The number of rotatable bonds is 5. The van der Waals surface area contributed by atoms with Crippen molar-refractivity contribution >= 4 is 17.0 Å². The van der Waals surface area contributed by atoms with Crippen molar-refractivity contribution in [1.82, 2.24) is 4.98 Å². The highest BCUT2D eigenvalue weighted by Gasteiger charge is 2.12. The Morgan fingerprint density at radius 2 is 2.17 bits per heavy atom. The van der Waals surface area contributed by atoms with Crippen molar-refractivity contribution in [3.8, 4) is 0 Å². The molecule has 4 heteroatoms. The van der Waals surface area contributed by atoms with Gasteiger partial charge >= 0.3 is 0 Å². The number of hydrogen-bond donors (Lipinski definition) is 1. The average molecular weight is 261 g/mol. The van der Waals surface area contributed by atoms with Gasteiger partial charge in [-0.3, -0.25) is 0 Å². The summed E-state index contributed by atoms with van der Waals surface area (Å²) in [4.78, 5) is 6.53. The van der Waals surface area contributed by atoms with E-state index in [2.05, 4.69) is 47.4 Å². The third-order valence-corrected chi connectivity index (χ3v) is 3.71. The third kappa shape index (κ3) is 2.89. The van der Waals surface area contributed by atoms with Gasteiger partial charge in [-0.15, -0.1) is 11.3 Å². The highest BCUT2D eigenvalue weighted by Crippen LogP contribution is 2.26. The molecule has 2 rings (SSSR count). The van der Waals surface area contributed by atoms with E-state index in [9.17, 15) is 0 Å². The van der Waals surface area contributed by atoms with Crippen LogP contribution in [0.5, 0.6) is 0 Å². The van der Waals surface area contributed by atoms with Gasteiger partial charge in [0.2, 0.25) is 0 Å². The van der Waals surface area contributed by atoms with Crippen LogP contribution in [0, 0.1) is 0 Å². The van der Waals surface area contributed by atoms with Gasteiger partial charge in [-0.1, -0.05) is 25.1 Å². The summed E-state index contributed by atoms with van der Waals surface area (Å²) in [5, 5.41) is 2.08. The molecular weight excluding hydrogens is 242 g/mol. The summed E-state index contributed by atoms with van der Waals surface area (Å²) in [5.74, 6) is 0. The maximum absolute atomic E-state index is 6.17. The smallest absolute Gasteiger partial charge is 0.0795 e. The lowest BCUT2D eigenvalue weighted by Crippen LogP contribution is -2.21. The lowest BCUT2D eigenvalue weighted by molar-refractivity contribution is 0.693. The predicted octanol–water partition coefficient (Wildman–Crippen LogP) is 3.19. The number of aromatic nitrogens is 1. The standard InChI is InChI=1S/C14H19N3S/c1-3-13(15)12-6-4-5-7-14(12)17(2)8-11-9-18-10-16-11/h4-7,9-10,13H,3,8,15H2,1-2H3. The first kappa shape index (κ1) is 13.1. The normalized spacial score (nSPS) is 12.4. The number of benzene rings is 1. The Morgan fingerprint density at radius 3 is 2.83 bits per heavy atom. The molecule has 1 atom stereocenters. The number of hydrogen-bond acceptors (Lipinski definition) is 4. The summed E-state index contributed by atoms with van der Waals surface area (Å²) in [6, 6.07) is 8.43. The zero-order chi connectivity index (χ0) is 13.0. The van der Waals surface area contributed by atoms with Gasteiger partial charge in [-0.2, -0.15) is 0 Å². The Balaban J connectivity index is 2.21. The Hall–Kier alpha value is -1.39. The van der Waals surface area contributed by atoms with Crippen LogP contribution in [0.3, 0.4) is 0 Å². The van der Waals surface area contributed by atoms with Crippen molar-refractivity contribution in [2.45, 2.75) is 25.9 Å². The molecule has 2 aromatic rings. The van der Waals surface area contributed by atoms with E-state index < -0.39 is 0 Å². The second-order valence-electron chi connectivity index (χ2n) is 4.41. The van der Waals surface area contributed by atoms with Gasteiger partial charge in [0.25, 0.3) is 0 Å². The van der Waals surface area contributed by atoms with Crippen molar-refractivity contribution in [3.05, 3.63) is 46.4 Å². The van der Waals surface area contributed by atoms with Gasteiger partial charge in [0, 0.05) is 24.2 Å². The highest BCUT2D eigenvalue weighted by atomic mass is 32.1. The van der Waals surface area contributed by atoms with Crippen LogP contribution in [0.2, 0.25) is 0 Å². The molecule has 1 aromatic carbocycles. The van der Waals surface area contributed by atoms with Crippen LogP contribution < -0.4 is 10.6 Å². The first-order valence-corrected chi connectivity index (χ1v) is 7.09.